The molecule has 20 heavy (non-hydrogen) atoms. The molecule has 118 valence electrons. The molecule has 0 N–H and O–H groups in total. The number of piperidine rings is 3. The molecule has 5 nitrogen and oxygen atoms in total. The van der Waals surface area contributed by atoms with Gasteiger partial charge >= 0.3 is 0 Å². The van der Waals surface area contributed by atoms with Gasteiger partial charge in [-0.1, -0.05) is 0 Å². The first-order chi connectivity index (χ1) is 9.16. The topological polar surface area (TPSA) is 55.8 Å². The molecular weight excluding hydrogens is 294 g/mol. The molecule has 3 rings (SSSR count). The van der Waals surface area contributed by atoms with Crippen LogP contribution >= 0.6 is 0 Å². The molecule has 7 heteroatoms. The Bertz CT molecular complexity index is 426. The van der Waals surface area contributed by atoms with Crippen LogP contribution < -0.4 is 0 Å². The third-order valence-electron chi connectivity index (χ3n) is 4.09. The fourth-order valence-electron chi connectivity index (χ4n) is 3.35. The van der Waals surface area contributed by atoms with Gasteiger partial charge in [0.1, 0.15) is 0 Å². The molecule has 0 aromatic rings. The zero-order valence-electron chi connectivity index (χ0n) is 13.0. The molecule has 3 aliphatic heterocycles. The first-order valence-corrected chi connectivity index (χ1v) is 12.6. The van der Waals surface area contributed by atoms with E-state index < -0.39 is 18.4 Å². The quantitative estimate of drug-likeness (QED) is 0.550. The van der Waals surface area contributed by atoms with Crippen LogP contribution in [0.3, 0.4) is 0 Å². The summed E-state index contributed by atoms with van der Waals surface area (Å²) in [5.41, 5.74) is 0. The van der Waals surface area contributed by atoms with Crippen LogP contribution in [0.15, 0.2) is 0 Å². The van der Waals surface area contributed by atoms with Crippen molar-refractivity contribution in [3.8, 4) is 0 Å². The van der Waals surface area contributed by atoms with Crippen molar-refractivity contribution in [1.29, 1.82) is 0 Å². The van der Waals surface area contributed by atoms with Gasteiger partial charge in [-0.3, -0.25) is 9.08 Å². The van der Waals surface area contributed by atoms with Crippen molar-refractivity contribution in [3.63, 3.8) is 0 Å². The van der Waals surface area contributed by atoms with Crippen LogP contribution in [0.25, 0.3) is 0 Å². The van der Waals surface area contributed by atoms with Gasteiger partial charge in [-0.2, -0.15) is 8.42 Å². The lowest BCUT2D eigenvalue weighted by Gasteiger charge is -2.52. The molecule has 3 aliphatic rings. The summed E-state index contributed by atoms with van der Waals surface area (Å²) in [6, 6.07) is 0.316. The zero-order chi connectivity index (χ0) is 15.0. The number of hydrogen-bond donors (Lipinski definition) is 0. The van der Waals surface area contributed by atoms with E-state index in [1.807, 2.05) is 0 Å². The predicted octanol–water partition coefficient (Wildman–Crippen LogP) is 1.67. The van der Waals surface area contributed by atoms with E-state index in [1.54, 1.807) is 0 Å². The molecular formula is C13H27NO4SSi. The van der Waals surface area contributed by atoms with Crippen molar-refractivity contribution >= 4 is 18.4 Å². The summed E-state index contributed by atoms with van der Waals surface area (Å²) in [6.07, 6.45) is 4.51. The predicted molar refractivity (Wildman–Crippen MR) is 81.7 cm³/mol. The highest BCUT2D eigenvalue weighted by Crippen LogP contribution is 2.37. The van der Waals surface area contributed by atoms with Crippen LogP contribution in [0.1, 0.15) is 19.3 Å². The van der Waals surface area contributed by atoms with Crippen molar-refractivity contribution in [2.75, 3.05) is 26.0 Å². The minimum atomic E-state index is -3.34. The number of hydrogen-bond acceptors (Lipinski definition) is 5. The van der Waals surface area contributed by atoms with Gasteiger partial charge in [-0.25, -0.2) is 0 Å². The Balaban J connectivity index is 1.99. The van der Waals surface area contributed by atoms with Crippen LogP contribution in [-0.4, -0.2) is 59.7 Å². The average Bonchev–Trinajstić information content (AvgIpc) is 2.29. The third kappa shape index (κ3) is 4.52. The van der Waals surface area contributed by atoms with Gasteiger partial charge in [0.2, 0.25) is 0 Å². The lowest BCUT2D eigenvalue weighted by molar-refractivity contribution is -0.0680. The molecule has 0 aliphatic carbocycles. The Kier molecular flexibility index (Phi) is 4.96. The summed E-state index contributed by atoms with van der Waals surface area (Å²) in [5.74, 6) is 0.634. The van der Waals surface area contributed by atoms with E-state index in [9.17, 15) is 8.42 Å². The number of nitrogens with zero attached hydrogens (tertiary/aromatic N) is 1. The van der Waals surface area contributed by atoms with Crippen LogP contribution in [-0.2, 0) is 18.7 Å². The van der Waals surface area contributed by atoms with Crippen LogP contribution in [0, 0.1) is 5.92 Å². The second kappa shape index (κ2) is 6.04. The van der Waals surface area contributed by atoms with E-state index in [-0.39, 0.29) is 12.7 Å². The molecule has 3 saturated heterocycles. The molecule has 0 aromatic heterocycles. The van der Waals surface area contributed by atoms with Crippen molar-refractivity contribution in [3.05, 3.63) is 0 Å². The SMILES string of the molecule is C[Si](C)(C)OC1C2CCN(CC2)C1CCOS(C)(=O)=O. The monoisotopic (exact) mass is 321 g/mol. The summed E-state index contributed by atoms with van der Waals surface area (Å²) >= 11 is 0. The molecule has 2 bridgehead atoms. The Hall–Kier alpha value is 0.0469. The fraction of sp³-hybridized carbons (Fsp3) is 1.00. The molecule has 2 atom stereocenters. The number of rotatable bonds is 6. The van der Waals surface area contributed by atoms with Crippen molar-refractivity contribution in [2.45, 2.75) is 51.0 Å². The van der Waals surface area contributed by atoms with E-state index in [0.29, 0.717) is 12.0 Å². The first-order valence-electron chi connectivity index (χ1n) is 7.42. The van der Waals surface area contributed by atoms with Gasteiger partial charge < -0.3 is 4.43 Å². The largest absolute Gasteiger partial charge is 0.413 e. The highest BCUT2D eigenvalue weighted by Gasteiger charge is 2.44. The molecule has 0 saturated carbocycles. The lowest BCUT2D eigenvalue weighted by atomic mass is 9.79. The molecule has 3 heterocycles. The van der Waals surface area contributed by atoms with E-state index in [4.69, 9.17) is 8.61 Å². The van der Waals surface area contributed by atoms with E-state index >= 15 is 0 Å². The smallest absolute Gasteiger partial charge is 0.264 e. The zero-order valence-corrected chi connectivity index (χ0v) is 14.8. The summed E-state index contributed by atoms with van der Waals surface area (Å²) in [4.78, 5) is 2.45. The molecule has 0 aromatic carbocycles. The maximum Gasteiger partial charge on any atom is 0.264 e. The van der Waals surface area contributed by atoms with Gasteiger partial charge in [-0.05, 0) is 57.9 Å². The minimum Gasteiger partial charge on any atom is -0.413 e. The Morgan fingerprint density at radius 2 is 1.80 bits per heavy atom. The summed E-state index contributed by atoms with van der Waals surface area (Å²) in [6.45, 7) is 9.13. The van der Waals surface area contributed by atoms with Gasteiger partial charge in [0, 0.05) is 6.04 Å². The van der Waals surface area contributed by atoms with Crippen LogP contribution in [0.4, 0.5) is 0 Å². The first kappa shape index (κ1) is 16.4. The van der Waals surface area contributed by atoms with Crippen molar-refractivity contribution < 1.29 is 17.0 Å². The van der Waals surface area contributed by atoms with Crippen LogP contribution in [0.2, 0.25) is 19.6 Å². The summed E-state index contributed by atoms with van der Waals surface area (Å²) < 4.78 is 33.5. The summed E-state index contributed by atoms with van der Waals surface area (Å²) in [5, 5.41) is 0. The molecule has 0 amide bonds. The minimum absolute atomic E-state index is 0.257. The highest BCUT2D eigenvalue weighted by molar-refractivity contribution is 7.85. The lowest BCUT2D eigenvalue weighted by Crippen LogP contribution is -2.60. The van der Waals surface area contributed by atoms with Gasteiger partial charge in [0.15, 0.2) is 8.32 Å². The second-order valence-corrected chi connectivity index (χ2v) is 13.1. The maximum absolute atomic E-state index is 11.1. The molecule has 0 spiro atoms. The molecule has 0 radical (unpaired) electrons. The normalized spacial score (nSPS) is 34.4. The van der Waals surface area contributed by atoms with E-state index in [1.165, 1.54) is 12.8 Å². The van der Waals surface area contributed by atoms with Gasteiger partial charge in [-0.15, -0.1) is 0 Å². The molecule has 3 fully saturated rings. The van der Waals surface area contributed by atoms with E-state index in [2.05, 4.69) is 24.5 Å². The van der Waals surface area contributed by atoms with Crippen LogP contribution in [0.5, 0.6) is 0 Å². The second-order valence-electron chi connectivity index (χ2n) is 6.95. The number of fused-ring (bicyclic) bond motifs is 3. The highest BCUT2D eigenvalue weighted by atomic mass is 32.2. The van der Waals surface area contributed by atoms with Crippen molar-refractivity contribution in [2.24, 2.45) is 5.92 Å². The average molecular weight is 322 g/mol. The Morgan fingerprint density at radius 3 is 2.30 bits per heavy atom. The maximum atomic E-state index is 11.1. The summed E-state index contributed by atoms with van der Waals surface area (Å²) in [7, 11) is -4.93. The standard InChI is InChI=1S/C13H27NO4SSi/c1-19(15,16)17-10-7-12-13(18-20(2,3)4)11-5-8-14(12)9-6-11/h11-13H,5-10H2,1-4H3. The third-order valence-corrected chi connectivity index (χ3v) is 5.66. The van der Waals surface area contributed by atoms with Gasteiger partial charge in [0.05, 0.1) is 19.0 Å². The van der Waals surface area contributed by atoms with Gasteiger partial charge in [0.25, 0.3) is 10.1 Å². The van der Waals surface area contributed by atoms with Crippen molar-refractivity contribution in [1.82, 2.24) is 4.90 Å². The fourth-order valence-corrected chi connectivity index (χ4v) is 4.92. The Labute approximate surface area is 123 Å². The van der Waals surface area contributed by atoms with E-state index in [0.717, 1.165) is 25.8 Å². The molecule has 2 unspecified atom stereocenters. The Morgan fingerprint density at radius 1 is 1.20 bits per heavy atom.